The molecule has 0 spiro atoms. The number of anilines is 2. The Labute approximate surface area is 159 Å². The van der Waals surface area contributed by atoms with E-state index < -0.39 is 23.8 Å². The Hall–Kier alpha value is -3.23. The van der Waals surface area contributed by atoms with Crippen LogP contribution in [0.3, 0.4) is 0 Å². The van der Waals surface area contributed by atoms with Crippen LogP contribution in [-0.2, 0) is 4.79 Å². The smallest absolute Gasteiger partial charge is 0.266 e. The van der Waals surface area contributed by atoms with Crippen molar-refractivity contribution in [3.63, 3.8) is 0 Å². The lowest BCUT2D eigenvalue weighted by molar-refractivity contribution is -0.114. The third-order valence-corrected chi connectivity index (χ3v) is 4.10. The zero-order chi connectivity index (χ0) is 20.4. The second-order valence-corrected chi connectivity index (χ2v) is 6.31. The minimum Gasteiger partial charge on any atom is -0.363 e. The first-order valence-electron chi connectivity index (χ1n) is 8.51. The first-order chi connectivity index (χ1) is 13.3. The van der Waals surface area contributed by atoms with Crippen molar-refractivity contribution in [1.82, 2.24) is 15.0 Å². The molecule has 1 atom stereocenters. The van der Waals surface area contributed by atoms with Gasteiger partial charge in [0.25, 0.3) is 6.43 Å². The number of hydrogen-bond acceptors (Lipinski definition) is 5. The van der Waals surface area contributed by atoms with E-state index in [1.54, 1.807) is 19.9 Å². The SMILES string of the molecule is CC(=O)Nc1cnc2nc(C)nc(N[C@H](C)c3cccc(C(F)F)c3F)c2c1. The summed E-state index contributed by atoms with van der Waals surface area (Å²) in [6.45, 7) is 4.69. The number of aromatic nitrogens is 3. The van der Waals surface area contributed by atoms with Gasteiger partial charge in [0, 0.05) is 12.5 Å². The van der Waals surface area contributed by atoms with E-state index in [2.05, 4.69) is 25.6 Å². The highest BCUT2D eigenvalue weighted by Crippen LogP contribution is 2.30. The maximum Gasteiger partial charge on any atom is 0.266 e. The quantitative estimate of drug-likeness (QED) is 0.670. The van der Waals surface area contributed by atoms with Crippen LogP contribution in [0.1, 0.15) is 43.3 Å². The molecule has 1 aromatic carbocycles. The van der Waals surface area contributed by atoms with Crippen molar-refractivity contribution in [2.75, 3.05) is 10.6 Å². The summed E-state index contributed by atoms with van der Waals surface area (Å²) < 4.78 is 40.4. The van der Waals surface area contributed by atoms with Crippen LogP contribution in [0, 0.1) is 12.7 Å². The van der Waals surface area contributed by atoms with Gasteiger partial charge in [-0.15, -0.1) is 0 Å². The van der Waals surface area contributed by atoms with E-state index in [9.17, 15) is 18.0 Å². The van der Waals surface area contributed by atoms with Gasteiger partial charge in [0.05, 0.1) is 28.9 Å². The van der Waals surface area contributed by atoms with Crippen LogP contribution in [0.15, 0.2) is 30.5 Å². The number of rotatable bonds is 5. The number of carbonyl (C=O) groups is 1. The van der Waals surface area contributed by atoms with Gasteiger partial charge in [-0.05, 0) is 19.9 Å². The molecule has 28 heavy (non-hydrogen) atoms. The number of amides is 1. The molecule has 0 saturated carbocycles. The van der Waals surface area contributed by atoms with Crippen LogP contribution in [0.4, 0.5) is 24.7 Å². The summed E-state index contributed by atoms with van der Waals surface area (Å²) in [4.78, 5) is 24.1. The predicted molar refractivity (Wildman–Crippen MR) is 99.8 cm³/mol. The second-order valence-electron chi connectivity index (χ2n) is 6.31. The fraction of sp³-hybridized carbons (Fsp3) is 0.263. The summed E-state index contributed by atoms with van der Waals surface area (Å²) in [6, 6.07) is 4.88. The molecule has 3 rings (SSSR count). The Bertz CT molecular complexity index is 1040. The second kappa shape index (κ2) is 7.79. The Morgan fingerprint density at radius 3 is 2.57 bits per heavy atom. The maximum absolute atomic E-state index is 14.5. The number of alkyl halides is 2. The van der Waals surface area contributed by atoms with Crippen LogP contribution in [-0.4, -0.2) is 20.9 Å². The van der Waals surface area contributed by atoms with Gasteiger partial charge in [0.2, 0.25) is 5.91 Å². The molecular weight excluding hydrogens is 371 g/mol. The number of aryl methyl sites for hydroxylation is 1. The number of halogens is 3. The fourth-order valence-electron chi connectivity index (χ4n) is 2.86. The largest absolute Gasteiger partial charge is 0.363 e. The number of benzene rings is 1. The van der Waals surface area contributed by atoms with E-state index >= 15 is 0 Å². The molecule has 6 nitrogen and oxygen atoms in total. The van der Waals surface area contributed by atoms with E-state index in [0.29, 0.717) is 28.4 Å². The van der Waals surface area contributed by atoms with Gasteiger partial charge in [-0.1, -0.05) is 18.2 Å². The molecule has 0 aliphatic carbocycles. The molecule has 3 aromatic rings. The Morgan fingerprint density at radius 1 is 1.18 bits per heavy atom. The van der Waals surface area contributed by atoms with Gasteiger partial charge in [-0.3, -0.25) is 4.79 Å². The van der Waals surface area contributed by atoms with E-state index in [1.165, 1.54) is 25.3 Å². The number of hydrogen-bond donors (Lipinski definition) is 2. The molecule has 146 valence electrons. The molecule has 0 aliphatic heterocycles. The molecule has 0 unspecified atom stereocenters. The molecule has 1 amide bonds. The minimum atomic E-state index is -2.90. The molecule has 0 fully saturated rings. The summed E-state index contributed by atoms with van der Waals surface area (Å²) in [5, 5.41) is 6.17. The third kappa shape index (κ3) is 4.03. The van der Waals surface area contributed by atoms with Gasteiger partial charge in [-0.2, -0.15) is 0 Å². The lowest BCUT2D eigenvalue weighted by atomic mass is 10.0. The number of nitrogens with zero attached hydrogens (tertiary/aromatic N) is 3. The summed E-state index contributed by atoms with van der Waals surface area (Å²) in [5.74, 6) is -0.423. The standard InChI is InChI=1S/C19H18F3N5O/c1-9(13-5-4-6-14(16(13)20)17(21)22)24-19-15-7-12(27-11(3)28)8-23-18(15)25-10(2)26-19/h4-9,17H,1-3H3,(H,27,28)(H,23,24,25,26)/t9-/m1/s1. The first-order valence-corrected chi connectivity index (χ1v) is 8.51. The zero-order valence-corrected chi connectivity index (χ0v) is 15.4. The van der Waals surface area contributed by atoms with E-state index in [-0.39, 0.29) is 11.5 Å². The van der Waals surface area contributed by atoms with Gasteiger partial charge in [0.1, 0.15) is 17.5 Å². The minimum absolute atomic E-state index is 0.0909. The molecule has 0 radical (unpaired) electrons. The summed E-state index contributed by atoms with van der Waals surface area (Å²) in [6.07, 6.45) is -1.44. The van der Waals surface area contributed by atoms with Crippen LogP contribution < -0.4 is 10.6 Å². The maximum atomic E-state index is 14.5. The molecule has 0 saturated heterocycles. The Morgan fingerprint density at radius 2 is 1.89 bits per heavy atom. The average Bonchev–Trinajstić information content (AvgIpc) is 2.61. The normalized spacial score (nSPS) is 12.2. The highest BCUT2D eigenvalue weighted by molar-refractivity contribution is 5.94. The van der Waals surface area contributed by atoms with E-state index in [0.717, 1.165) is 6.07 Å². The molecule has 2 heterocycles. The molecular formula is C19H18F3N5O. The van der Waals surface area contributed by atoms with Crippen molar-refractivity contribution in [3.05, 3.63) is 53.2 Å². The van der Waals surface area contributed by atoms with Crippen molar-refractivity contribution in [2.45, 2.75) is 33.2 Å². The van der Waals surface area contributed by atoms with Crippen molar-refractivity contribution in [3.8, 4) is 0 Å². The monoisotopic (exact) mass is 389 g/mol. The van der Waals surface area contributed by atoms with Crippen LogP contribution in [0.25, 0.3) is 11.0 Å². The fourth-order valence-corrected chi connectivity index (χ4v) is 2.86. The molecule has 0 aliphatic rings. The number of nitrogens with one attached hydrogen (secondary N) is 2. The lowest BCUT2D eigenvalue weighted by Gasteiger charge is -2.18. The number of pyridine rings is 1. The summed E-state index contributed by atoms with van der Waals surface area (Å²) in [5.41, 5.74) is 0.282. The van der Waals surface area contributed by atoms with Gasteiger partial charge in [-0.25, -0.2) is 28.1 Å². The van der Waals surface area contributed by atoms with Crippen molar-refractivity contribution in [2.24, 2.45) is 0 Å². The third-order valence-electron chi connectivity index (χ3n) is 4.10. The molecule has 0 bridgehead atoms. The zero-order valence-electron chi connectivity index (χ0n) is 15.4. The van der Waals surface area contributed by atoms with Gasteiger partial charge in [0.15, 0.2) is 5.65 Å². The molecule has 2 N–H and O–H groups in total. The lowest BCUT2D eigenvalue weighted by Crippen LogP contribution is -2.13. The topological polar surface area (TPSA) is 79.8 Å². The number of carbonyl (C=O) groups excluding carboxylic acids is 1. The van der Waals surface area contributed by atoms with Crippen LogP contribution in [0.2, 0.25) is 0 Å². The van der Waals surface area contributed by atoms with E-state index in [4.69, 9.17) is 0 Å². The summed E-state index contributed by atoms with van der Waals surface area (Å²) >= 11 is 0. The predicted octanol–water partition coefficient (Wildman–Crippen LogP) is 4.54. The Balaban J connectivity index is 2.01. The van der Waals surface area contributed by atoms with Gasteiger partial charge >= 0.3 is 0 Å². The average molecular weight is 389 g/mol. The van der Waals surface area contributed by atoms with Crippen LogP contribution >= 0.6 is 0 Å². The first kappa shape index (κ1) is 19.5. The highest BCUT2D eigenvalue weighted by atomic mass is 19.3. The highest BCUT2D eigenvalue weighted by Gasteiger charge is 2.20. The van der Waals surface area contributed by atoms with Crippen molar-refractivity contribution < 1.29 is 18.0 Å². The van der Waals surface area contributed by atoms with Crippen LogP contribution in [0.5, 0.6) is 0 Å². The number of fused-ring (bicyclic) bond motifs is 1. The molecule has 9 heteroatoms. The van der Waals surface area contributed by atoms with Gasteiger partial charge < -0.3 is 10.6 Å². The molecule has 2 aromatic heterocycles. The van der Waals surface area contributed by atoms with Crippen molar-refractivity contribution >= 4 is 28.4 Å². The van der Waals surface area contributed by atoms with Crippen molar-refractivity contribution in [1.29, 1.82) is 0 Å². The summed E-state index contributed by atoms with van der Waals surface area (Å²) in [7, 11) is 0. The Kier molecular flexibility index (Phi) is 5.43. The van der Waals surface area contributed by atoms with E-state index in [1.807, 2.05) is 0 Å².